The highest BCUT2D eigenvalue weighted by atomic mass is 32.2. The Labute approximate surface area is 289 Å². The van der Waals surface area contributed by atoms with Gasteiger partial charge in [0.15, 0.2) is 0 Å². The van der Waals surface area contributed by atoms with Gasteiger partial charge in [-0.1, -0.05) is 25.0 Å². The second-order valence-corrected chi connectivity index (χ2v) is 16.4. The van der Waals surface area contributed by atoms with E-state index in [1.165, 1.54) is 11.3 Å². The van der Waals surface area contributed by atoms with Gasteiger partial charge in [0.05, 0.1) is 24.4 Å². The fourth-order valence-electron chi connectivity index (χ4n) is 7.01. The number of thiazole rings is 1. The average Bonchev–Trinajstić information content (AvgIpc) is 3.94. The SMILES string of the molecule is COc1ccc2c(OC3CC4C(=O)NC5(C(=O)NS(=O)(=O)C6CC6)CC5C=CCCCCCCC(=O)N4C3)cc(-c3nccs3)nc2c1C. The molecular formula is C35H41N5O7S2. The molecule has 2 aromatic heterocycles. The zero-order chi connectivity index (χ0) is 34.3. The van der Waals surface area contributed by atoms with Crippen LogP contribution in [-0.4, -0.2) is 77.6 Å². The lowest BCUT2D eigenvalue weighted by Gasteiger charge is -2.26. The number of ether oxygens (including phenoxy) is 2. The first-order valence-electron chi connectivity index (χ1n) is 17.0. The Bertz CT molecular complexity index is 1910. The molecule has 12 nitrogen and oxygen atoms in total. The molecule has 4 aliphatic rings. The second kappa shape index (κ2) is 13.3. The summed E-state index contributed by atoms with van der Waals surface area (Å²) in [4.78, 5) is 52.3. The lowest BCUT2D eigenvalue weighted by molar-refractivity contribution is -0.139. The number of carbonyl (C=O) groups excluding carboxylic acids is 3. The van der Waals surface area contributed by atoms with Crippen molar-refractivity contribution in [2.75, 3.05) is 13.7 Å². The van der Waals surface area contributed by atoms with Crippen molar-refractivity contribution in [3.8, 4) is 22.2 Å². The van der Waals surface area contributed by atoms with Crippen LogP contribution in [0.15, 0.2) is 41.9 Å². The number of hydrogen-bond donors (Lipinski definition) is 2. The van der Waals surface area contributed by atoms with Crippen molar-refractivity contribution in [1.29, 1.82) is 0 Å². The van der Waals surface area contributed by atoms with Crippen LogP contribution in [0.3, 0.4) is 0 Å². The summed E-state index contributed by atoms with van der Waals surface area (Å²) in [5.41, 5.74) is 0.782. The van der Waals surface area contributed by atoms with Crippen LogP contribution in [0.5, 0.6) is 11.5 Å². The highest BCUT2D eigenvalue weighted by Gasteiger charge is 2.62. The van der Waals surface area contributed by atoms with Gasteiger partial charge in [0.2, 0.25) is 21.8 Å². The van der Waals surface area contributed by atoms with Crippen molar-refractivity contribution >= 4 is 50.0 Å². The molecule has 3 fully saturated rings. The molecule has 49 heavy (non-hydrogen) atoms. The van der Waals surface area contributed by atoms with E-state index < -0.39 is 44.8 Å². The zero-order valence-corrected chi connectivity index (χ0v) is 29.3. The van der Waals surface area contributed by atoms with Crippen LogP contribution < -0.4 is 19.5 Å². The summed E-state index contributed by atoms with van der Waals surface area (Å²) in [6, 6.07) is 4.69. The van der Waals surface area contributed by atoms with Crippen LogP contribution in [0.4, 0.5) is 0 Å². The molecule has 4 heterocycles. The Morgan fingerprint density at radius 3 is 2.71 bits per heavy atom. The lowest BCUT2D eigenvalue weighted by Crippen LogP contribution is -2.56. The van der Waals surface area contributed by atoms with Crippen molar-refractivity contribution in [1.82, 2.24) is 24.9 Å². The van der Waals surface area contributed by atoms with E-state index in [-0.39, 0.29) is 31.2 Å². The smallest absolute Gasteiger partial charge is 0.259 e. The number of allylic oxidation sites excluding steroid dienone is 1. The van der Waals surface area contributed by atoms with E-state index >= 15 is 0 Å². The van der Waals surface area contributed by atoms with E-state index in [1.807, 2.05) is 42.7 Å². The molecule has 2 aliphatic carbocycles. The van der Waals surface area contributed by atoms with Gasteiger partial charge < -0.3 is 19.7 Å². The molecule has 4 atom stereocenters. The van der Waals surface area contributed by atoms with E-state index in [0.29, 0.717) is 48.4 Å². The summed E-state index contributed by atoms with van der Waals surface area (Å²) in [7, 11) is -2.21. The summed E-state index contributed by atoms with van der Waals surface area (Å²) < 4.78 is 39.9. The number of rotatable bonds is 7. The first-order chi connectivity index (χ1) is 23.6. The number of hydrogen-bond acceptors (Lipinski definition) is 10. The number of pyridine rings is 1. The fourth-order valence-corrected chi connectivity index (χ4v) is 8.97. The maximum atomic E-state index is 14.1. The summed E-state index contributed by atoms with van der Waals surface area (Å²) in [6.45, 7) is 2.11. The molecule has 260 valence electrons. The maximum Gasteiger partial charge on any atom is 0.259 e. The van der Waals surface area contributed by atoms with Crippen LogP contribution in [0, 0.1) is 12.8 Å². The molecule has 2 saturated carbocycles. The molecule has 2 N–H and O–H groups in total. The topological polar surface area (TPSA) is 157 Å². The third-order valence-corrected chi connectivity index (χ3v) is 12.7. The molecule has 1 aromatic carbocycles. The van der Waals surface area contributed by atoms with Gasteiger partial charge in [-0.25, -0.2) is 18.4 Å². The minimum absolute atomic E-state index is 0.148. The molecule has 14 heteroatoms. The van der Waals surface area contributed by atoms with Gasteiger partial charge in [-0.3, -0.25) is 19.1 Å². The average molecular weight is 708 g/mol. The predicted molar refractivity (Wildman–Crippen MR) is 185 cm³/mol. The summed E-state index contributed by atoms with van der Waals surface area (Å²) >= 11 is 1.46. The first-order valence-corrected chi connectivity index (χ1v) is 19.4. The number of nitrogens with one attached hydrogen (secondary N) is 2. The number of methoxy groups -OCH3 is 1. The van der Waals surface area contributed by atoms with Crippen LogP contribution in [0.2, 0.25) is 0 Å². The van der Waals surface area contributed by atoms with Gasteiger partial charge in [0.25, 0.3) is 5.91 Å². The fraction of sp³-hybridized carbons (Fsp3) is 0.514. The first kappa shape index (κ1) is 33.5. The van der Waals surface area contributed by atoms with Gasteiger partial charge in [-0.05, 0) is 57.6 Å². The Balaban J connectivity index is 1.19. The molecular weight excluding hydrogens is 667 g/mol. The molecule has 0 radical (unpaired) electrons. The molecule has 0 spiro atoms. The van der Waals surface area contributed by atoms with E-state index in [2.05, 4.69) is 15.0 Å². The van der Waals surface area contributed by atoms with Crippen LogP contribution in [-0.2, 0) is 24.4 Å². The second-order valence-electron chi connectivity index (χ2n) is 13.5. The van der Waals surface area contributed by atoms with Crippen LogP contribution in [0.1, 0.15) is 69.8 Å². The van der Waals surface area contributed by atoms with Gasteiger partial charge in [0.1, 0.15) is 39.9 Å². The molecule has 3 aromatic rings. The lowest BCUT2D eigenvalue weighted by atomic mass is 10.1. The van der Waals surface area contributed by atoms with E-state index in [1.54, 1.807) is 18.2 Å². The van der Waals surface area contributed by atoms with Crippen molar-refractivity contribution < 1.29 is 32.3 Å². The third kappa shape index (κ3) is 6.77. The Hall–Kier alpha value is -4.04. The summed E-state index contributed by atoms with van der Waals surface area (Å²) in [5.74, 6) is -0.471. The summed E-state index contributed by atoms with van der Waals surface area (Å²) in [6.07, 6.45) is 11.2. The Kier molecular flexibility index (Phi) is 9.11. The predicted octanol–water partition coefficient (Wildman–Crippen LogP) is 4.42. The van der Waals surface area contributed by atoms with Crippen molar-refractivity contribution in [3.63, 3.8) is 0 Å². The number of sulfonamides is 1. The number of amides is 3. The minimum atomic E-state index is -3.82. The molecule has 7 rings (SSSR count). The zero-order valence-electron chi connectivity index (χ0n) is 27.6. The monoisotopic (exact) mass is 707 g/mol. The number of benzene rings is 1. The van der Waals surface area contributed by atoms with Crippen LogP contribution in [0.25, 0.3) is 21.6 Å². The van der Waals surface area contributed by atoms with E-state index in [0.717, 1.165) is 41.6 Å². The number of carbonyl (C=O) groups is 3. The highest BCUT2D eigenvalue weighted by molar-refractivity contribution is 7.91. The van der Waals surface area contributed by atoms with Crippen LogP contribution >= 0.6 is 11.3 Å². The highest BCUT2D eigenvalue weighted by Crippen LogP contribution is 2.46. The van der Waals surface area contributed by atoms with Crippen molar-refractivity contribution in [2.45, 2.75) is 94.1 Å². The standard InChI is InChI=1S/C35H41N5O7S2/c1-21-28(46-2)14-13-25-29(18-26(37-31(21)25)33-36-15-16-48-33)47-23-17-27-32(42)38-35(34(43)39-49(44,45)24-11-12-24)19-22(35)9-7-5-3-4-6-8-10-30(41)40(27)20-23/h7,9,13-16,18,22-24,27H,3-6,8,10-12,17,19-20H2,1-2H3,(H,38,42)(H,39,43). The largest absolute Gasteiger partial charge is 0.496 e. The van der Waals surface area contributed by atoms with E-state index in [4.69, 9.17) is 14.5 Å². The third-order valence-electron chi connectivity index (χ3n) is 10.0. The molecule has 1 saturated heterocycles. The molecule has 4 unspecified atom stereocenters. The molecule has 3 amide bonds. The Morgan fingerprint density at radius 2 is 1.96 bits per heavy atom. The number of nitrogens with zero attached hydrogens (tertiary/aromatic N) is 3. The van der Waals surface area contributed by atoms with Gasteiger partial charge >= 0.3 is 0 Å². The maximum absolute atomic E-state index is 14.1. The Morgan fingerprint density at radius 1 is 1.14 bits per heavy atom. The van der Waals surface area contributed by atoms with Crippen molar-refractivity contribution in [2.24, 2.45) is 5.92 Å². The molecule has 2 aliphatic heterocycles. The van der Waals surface area contributed by atoms with E-state index in [9.17, 15) is 22.8 Å². The van der Waals surface area contributed by atoms with Gasteiger partial charge in [0, 0.05) is 47.4 Å². The normalized spacial score (nSPS) is 26.2. The minimum Gasteiger partial charge on any atom is -0.496 e. The van der Waals surface area contributed by atoms with Gasteiger partial charge in [-0.15, -0.1) is 11.3 Å². The molecule has 0 bridgehead atoms. The summed E-state index contributed by atoms with van der Waals surface area (Å²) in [5, 5.41) is 5.71. The number of aryl methyl sites for hydroxylation is 1. The number of fused-ring (bicyclic) bond motifs is 3. The van der Waals surface area contributed by atoms with Crippen molar-refractivity contribution in [3.05, 3.63) is 47.5 Å². The van der Waals surface area contributed by atoms with Gasteiger partial charge in [-0.2, -0.15) is 0 Å². The number of aromatic nitrogens is 2. The quantitative estimate of drug-likeness (QED) is 0.340.